The van der Waals surface area contributed by atoms with Crippen LogP contribution in [0.4, 0.5) is 0 Å². The van der Waals surface area contributed by atoms with Crippen LogP contribution in [-0.2, 0) is 5.41 Å². The van der Waals surface area contributed by atoms with Gasteiger partial charge < -0.3 is 4.90 Å². The Kier molecular flexibility index (Phi) is 3.98. The molecule has 2 rings (SSSR count). The molecule has 1 saturated heterocycles. The van der Waals surface area contributed by atoms with Crippen LogP contribution in [0.5, 0.6) is 0 Å². The third-order valence-electron chi connectivity index (χ3n) is 3.86. The molecular formula is C17H25NO. The Balaban J connectivity index is 2.35. The number of aryl methyl sites for hydroxylation is 1. The van der Waals surface area contributed by atoms with Gasteiger partial charge in [-0.1, -0.05) is 38.5 Å². The summed E-state index contributed by atoms with van der Waals surface area (Å²) < 4.78 is 0. The van der Waals surface area contributed by atoms with Crippen LogP contribution < -0.4 is 0 Å². The molecule has 0 unspecified atom stereocenters. The van der Waals surface area contributed by atoms with Crippen LogP contribution in [0.25, 0.3) is 0 Å². The van der Waals surface area contributed by atoms with Gasteiger partial charge >= 0.3 is 0 Å². The van der Waals surface area contributed by atoms with E-state index in [1.807, 2.05) is 17.0 Å². The monoisotopic (exact) mass is 259 g/mol. The number of carbonyl (C=O) groups excluding carboxylic acids is 1. The highest BCUT2D eigenvalue weighted by Gasteiger charge is 2.25. The lowest BCUT2D eigenvalue weighted by Crippen LogP contribution is -2.36. The maximum atomic E-state index is 12.7. The molecule has 2 nitrogen and oxygen atoms in total. The lowest BCUT2D eigenvalue weighted by Gasteiger charge is -2.30. The van der Waals surface area contributed by atoms with Gasteiger partial charge in [-0.3, -0.25) is 4.79 Å². The van der Waals surface area contributed by atoms with Gasteiger partial charge in [0.05, 0.1) is 0 Å². The Bertz CT molecular complexity index is 465. The van der Waals surface area contributed by atoms with Crippen molar-refractivity contribution in [3.63, 3.8) is 0 Å². The Labute approximate surface area is 116 Å². The summed E-state index contributed by atoms with van der Waals surface area (Å²) in [5, 5.41) is 0. The highest BCUT2D eigenvalue weighted by atomic mass is 16.2. The van der Waals surface area contributed by atoms with E-state index >= 15 is 0 Å². The van der Waals surface area contributed by atoms with Crippen molar-refractivity contribution in [3.8, 4) is 0 Å². The first-order valence-electron chi connectivity index (χ1n) is 7.30. The summed E-state index contributed by atoms with van der Waals surface area (Å²) in [6.45, 7) is 10.4. The fourth-order valence-electron chi connectivity index (χ4n) is 2.73. The summed E-state index contributed by atoms with van der Waals surface area (Å²) in [6.07, 6.45) is 3.54. The van der Waals surface area contributed by atoms with Gasteiger partial charge in [0.15, 0.2) is 0 Å². The van der Waals surface area contributed by atoms with E-state index in [1.165, 1.54) is 17.5 Å². The molecule has 1 aromatic rings. The van der Waals surface area contributed by atoms with Crippen molar-refractivity contribution in [1.29, 1.82) is 0 Å². The van der Waals surface area contributed by atoms with Gasteiger partial charge in [-0.15, -0.1) is 0 Å². The molecule has 2 heteroatoms. The van der Waals surface area contributed by atoms with Gasteiger partial charge in [-0.2, -0.15) is 0 Å². The van der Waals surface area contributed by atoms with E-state index in [9.17, 15) is 4.79 Å². The predicted molar refractivity (Wildman–Crippen MR) is 79.6 cm³/mol. The first kappa shape index (κ1) is 14.1. The number of likely N-dealkylation sites (tertiary alicyclic amines) is 1. The molecule has 0 spiro atoms. The van der Waals surface area contributed by atoms with Crippen molar-refractivity contribution in [1.82, 2.24) is 4.90 Å². The molecule has 0 atom stereocenters. The standard InChI is InChI=1S/C17H25NO/c1-13-8-9-14(15(12-13)17(2,3)4)16(19)18-10-6-5-7-11-18/h8-9,12H,5-7,10-11H2,1-4H3. The average molecular weight is 259 g/mol. The smallest absolute Gasteiger partial charge is 0.254 e. The van der Waals surface area contributed by atoms with Crippen molar-refractivity contribution < 1.29 is 4.79 Å². The second-order valence-electron chi connectivity index (χ2n) is 6.65. The van der Waals surface area contributed by atoms with Gasteiger partial charge in [-0.25, -0.2) is 0 Å². The van der Waals surface area contributed by atoms with E-state index in [4.69, 9.17) is 0 Å². The second kappa shape index (κ2) is 5.36. The lowest BCUT2D eigenvalue weighted by atomic mass is 9.82. The van der Waals surface area contributed by atoms with E-state index in [0.717, 1.165) is 31.5 Å². The summed E-state index contributed by atoms with van der Waals surface area (Å²) >= 11 is 0. The minimum atomic E-state index is 0.00675. The zero-order valence-electron chi connectivity index (χ0n) is 12.6. The Morgan fingerprint density at radius 2 is 1.74 bits per heavy atom. The molecule has 0 aromatic heterocycles. The molecule has 1 aromatic carbocycles. The number of nitrogens with zero attached hydrogens (tertiary/aromatic N) is 1. The zero-order chi connectivity index (χ0) is 14.0. The fourth-order valence-corrected chi connectivity index (χ4v) is 2.73. The number of carbonyl (C=O) groups is 1. The van der Waals surface area contributed by atoms with Crippen LogP contribution in [0.3, 0.4) is 0 Å². The summed E-state index contributed by atoms with van der Waals surface area (Å²) in [6, 6.07) is 6.22. The number of piperidine rings is 1. The number of benzene rings is 1. The highest BCUT2D eigenvalue weighted by molar-refractivity contribution is 5.96. The SMILES string of the molecule is Cc1ccc(C(=O)N2CCCCC2)c(C(C)(C)C)c1. The molecule has 1 heterocycles. The van der Waals surface area contributed by atoms with Crippen LogP contribution in [0.2, 0.25) is 0 Å². The van der Waals surface area contributed by atoms with Crippen LogP contribution in [0.1, 0.15) is 61.5 Å². The summed E-state index contributed by atoms with van der Waals surface area (Å²) in [5.41, 5.74) is 3.29. The zero-order valence-corrected chi connectivity index (χ0v) is 12.6. The summed E-state index contributed by atoms with van der Waals surface area (Å²) in [7, 11) is 0. The Hall–Kier alpha value is -1.31. The number of hydrogen-bond acceptors (Lipinski definition) is 1. The second-order valence-corrected chi connectivity index (χ2v) is 6.65. The molecule has 0 saturated carbocycles. The number of amides is 1. The van der Waals surface area contributed by atoms with Gasteiger partial charge in [0, 0.05) is 18.7 Å². The van der Waals surface area contributed by atoms with Crippen molar-refractivity contribution >= 4 is 5.91 Å². The molecule has 0 N–H and O–H groups in total. The van der Waals surface area contributed by atoms with Gasteiger partial charge in [0.25, 0.3) is 5.91 Å². The molecule has 0 bridgehead atoms. The first-order valence-corrected chi connectivity index (χ1v) is 7.30. The van der Waals surface area contributed by atoms with Crippen LogP contribution in [0.15, 0.2) is 18.2 Å². The number of hydrogen-bond donors (Lipinski definition) is 0. The molecule has 1 aliphatic rings. The van der Waals surface area contributed by atoms with Crippen LogP contribution in [-0.4, -0.2) is 23.9 Å². The molecular weight excluding hydrogens is 234 g/mol. The normalized spacial score (nSPS) is 16.5. The largest absolute Gasteiger partial charge is 0.339 e. The van der Waals surface area contributed by atoms with Crippen molar-refractivity contribution in [2.75, 3.05) is 13.1 Å². The Morgan fingerprint density at radius 1 is 1.11 bits per heavy atom. The van der Waals surface area contributed by atoms with Crippen molar-refractivity contribution in [2.24, 2.45) is 0 Å². The fraction of sp³-hybridized carbons (Fsp3) is 0.588. The maximum absolute atomic E-state index is 12.7. The van der Waals surface area contributed by atoms with E-state index in [0.29, 0.717) is 0 Å². The van der Waals surface area contributed by atoms with E-state index in [2.05, 4.69) is 33.8 Å². The predicted octanol–water partition coefficient (Wildman–Crippen LogP) is 3.92. The first-order chi connectivity index (χ1) is 8.89. The topological polar surface area (TPSA) is 20.3 Å². The molecule has 104 valence electrons. The third-order valence-corrected chi connectivity index (χ3v) is 3.86. The minimum Gasteiger partial charge on any atom is -0.339 e. The van der Waals surface area contributed by atoms with E-state index in [-0.39, 0.29) is 11.3 Å². The molecule has 1 aliphatic heterocycles. The molecule has 19 heavy (non-hydrogen) atoms. The molecule has 0 radical (unpaired) electrons. The van der Waals surface area contributed by atoms with E-state index < -0.39 is 0 Å². The molecule has 0 aliphatic carbocycles. The average Bonchev–Trinajstić information content (AvgIpc) is 2.38. The molecule has 1 amide bonds. The number of rotatable bonds is 1. The minimum absolute atomic E-state index is 0.00675. The third kappa shape index (κ3) is 3.17. The lowest BCUT2D eigenvalue weighted by molar-refractivity contribution is 0.0722. The summed E-state index contributed by atoms with van der Waals surface area (Å²) in [4.78, 5) is 14.7. The van der Waals surface area contributed by atoms with Gasteiger partial charge in [0.2, 0.25) is 0 Å². The van der Waals surface area contributed by atoms with Gasteiger partial charge in [-0.05, 0) is 43.2 Å². The van der Waals surface area contributed by atoms with Crippen molar-refractivity contribution in [3.05, 3.63) is 34.9 Å². The van der Waals surface area contributed by atoms with Crippen LogP contribution in [0, 0.1) is 6.92 Å². The quantitative estimate of drug-likeness (QED) is 0.748. The highest BCUT2D eigenvalue weighted by Crippen LogP contribution is 2.28. The van der Waals surface area contributed by atoms with Gasteiger partial charge in [0.1, 0.15) is 0 Å². The molecule has 1 fully saturated rings. The Morgan fingerprint density at radius 3 is 2.32 bits per heavy atom. The maximum Gasteiger partial charge on any atom is 0.254 e. The van der Waals surface area contributed by atoms with Crippen LogP contribution >= 0.6 is 0 Å². The van der Waals surface area contributed by atoms with E-state index in [1.54, 1.807) is 0 Å². The van der Waals surface area contributed by atoms with Crippen molar-refractivity contribution in [2.45, 2.75) is 52.4 Å². The summed E-state index contributed by atoms with van der Waals surface area (Å²) in [5.74, 6) is 0.213.